The number of nitrogens with one attached hydrogen (secondary N) is 2. The first-order chi connectivity index (χ1) is 8.53. The lowest BCUT2D eigenvalue weighted by Crippen LogP contribution is -2.35. The van der Waals surface area contributed by atoms with Gasteiger partial charge in [0, 0.05) is 5.54 Å². The quantitative estimate of drug-likeness (QED) is 0.847. The maximum atomic E-state index is 5.44. The van der Waals surface area contributed by atoms with E-state index in [1.807, 2.05) is 12.1 Å². The summed E-state index contributed by atoms with van der Waals surface area (Å²) in [5, 5.41) is 14.1. The van der Waals surface area contributed by atoms with Gasteiger partial charge < -0.3 is 19.5 Å². The zero-order chi connectivity index (χ0) is 13.0. The molecule has 98 valence electrons. The van der Waals surface area contributed by atoms with Crippen LogP contribution >= 0.6 is 0 Å². The molecule has 0 radical (unpaired) electrons. The number of aromatic nitrogens is 2. The van der Waals surface area contributed by atoms with Gasteiger partial charge in [-0.1, -0.05) is 5.10 Å². The fourth-order valence-electron chi connectivity index (χ4n) is 1.31. The van der Waals surface area contributed by atoms with Gasteiger partial charge in [-0.25, -0.2) is 0 Å². The van der Waals surface area contributed by atoms with Crippen LogP contribution in [-0.2, 0) is 13.1 Å². The van der Waals surface area contributed by atoms with Gasteiger partial charge in [-0.15, -0.1) is 5.10 Å². The molecule has 2 N–H and O–H groups in total. The van der Waals surface area contributed by atoms with Gasteiger partial charge in [0.05, 0.1) is 19.4 Å². The highest BCUT2D eigenvalue weighted by atomic mass is 16.4. The van der Waals surface area contributed by atoms with Gasteiger partial charge >= 0.3 is 6.01 Å². The van der Waals surface area contributed by atoms with Crippen LogP contribution in [0.25, 0.3) is 0 Å². The Hall–Kier alpha value is -1.82. The largest absolute Gasteiger partial charge is 0.467 e. The zero-order valence-electron chi connectivity index (χ0n) is 10.9. The van der Waals surface area contributed by atoms with Crippen molar-refractivity contribution in [3.63, 3.8) is 0 Å². The first kappa shape index (κ1) is 12.6. The Labute approximate surface area is 106 Å². The zero-order valence-corrected chi connectivity index (χ0v) is 10.9. The summed E-state index contributed by atoms with van der Waals surface area (Å²) in [6.45, 7) is 7.33. The minimum absolute atomic E-state index is 0.0240. The van der Waals surface area contributed by atoms with Crippen LogP contribution in [-0.4, -0.2) is 15.7 Å². The summed E-state index contributed by atoms with van der Waals surface area (Å²) in [6.07, 6.45) is 1.63. The number of furan rings is 1. The molecular weight excluding hydrogens is 232 g/mol. The highest BCUT2D eigenvalue weighted by molar-refractivity contribution is 5.18. The molecule has 6 heteroatoms. The molecule has 0 saturated heterocycles. The van der Waals surface area contributed by atoms with Crippen molar-refractivity contribution in [3.8, 4) is 0 Å². The fourth-order valence-corrected chi connectivity index (χ4v) is 1.31. The number of nitrogens with zero attached hydrogens (tertiary/aromatic N) is 2. The van der Waals surface area contributed by atoms with Crippen molar-refractivity contribution >= 4 is 6.01 Å². The maximum absolute atomic E-state index is 5.44. The molecule has 2 aromatic rings. The summed E-state index contributed by atoms with van der Waals surface area (Å²) in [5.41, 5.74) is 0.0240. The molecule has 2 heterocycles. The molecule has 0 aliphatic rings. The molecule has 2 rings (SSSR count). The lowest BCUT2D eigenvalue weighted by Gasteiger charge is -2.18. The van der Waals surface area contributed by atoms with Gasteiger partial charge in [0.15, 0.2) is 0 Å². The molecular formula is C12H18N4O2. The Morgan fingerprint density at radius 3 is 2.72 bits per heavy atom. The summed E-state index contributed by atoms with van der Waals surface area (Å²) >= 11 is 0. The highest BCUT2D eigenvalue weighted by Crippen LogP contribution is 2.09. The average molecular weight is 250 g/mol. The van der Waals surface area contributed by atoms with Crippen molar-refractivity contribution < 1.29 is 8.83 Å². The lowest BCUT2D eigenvalue weighted by molar-refractivity contribution is 0.383. The SMILES string of the molecule is CC(C)(C)NCc1nnc(NCc2ccco2)o1. The van der Waals surface area contributed by atoms with Crippen LogP contribution < -0.4 is 10.6 Å². The molecule has 0 atom stereocenters. The number of rotatable bonds is 5. The molecule has 18 heavy (non-hydrogen) atoms. The van der Waals surface area contributed by atoms with Crippen LogP contribution in [0, 0.1) is 0 Å². The van der Waals surface area contributed by atoms with Gasteiger partial charge in [-0.2, -0.15) is 0 Å². The predicted molar refractivity (Wildman–Crippen MR) is 66.9 cm³/mol. The van der Waals surface area contributed by atoms with E-state index in [0.29, 0.717) is 25.0 Å². The Morgan fingerprint density at radius 1 is 1.22 bits per heavy atom. The molecule has 0 saturated carbocycles. The van der Waals surface area contributed by atoms with Crippen molar-refractivity contribution in [1.29, 1.82) is 0 Å². The Morgan fingerprint density at radius 2 is 2.06 bits per heavy atom. The van der Waals surface area contributed by atoms with Gasteiger partial charge in [-0.05, 0) is 32.9 Å². The van der Waals surface area contributed by atoms with Crippen molar-refractivity contribution in [1.82, 2.24) is 15.5 Å². The van der Waals surface area contributed by atoms with E-state index in [-0.39, 0.29) is 5.54 Å². The minimum Gasteiger partial charge on any atom is -0.467 e. The van der Waals surface area contributed by atoms with E-state index in [1.54, 1.807) is 6.26 Å². The monoisotopic (exact) mass is 250 g/mol. The number of anilines is 1. The normalized spacial score (nSPS) is 11.7. The highest BCUT2D eigenvalue weighted by Gasteiger charge is 2.12. The second-order valence-electron chi connectivity index (χ2n) is 5.04. The molecule has 0 bridgehead atoms. The summed E-state index contributed by atoms with van der Waals surface area (Å²) in [6, 6.07) is 4.12. The molecule has 0 amide bonds. The molecule has 6 nitrogen and oxygen atoms in total. The standard InChI is InChI=1S/C12H18N4O2/c1-12(2,3)14-8-10-15-16-11(18-10)13-7-9-5-4-6-17-9/h4-6,14H,7-8H2,1-3H3,(H,13,16). The summed E-state index contributed by atoms with van der Waals surface area (Å²) in [7, 11) is 0. The third-order valence-corrected chi connectivity index (χ3v) is 2.23. The van der Waals surface area contributed by atoms with Crippen LogP contribution in [0.2, 0.25) is 0 Å². The van der Waals surface area contributed by atoms with Gasteiger partial charge in [-0.3, -0.25) is 0 Å². The third kappa shape index (κ3) is 3.89. The van der Waals surface area contributed by atoms with E-state index in [2.05, 4.69) is 41.6 Å². The number of hydrogen-bond acceptors (Lipinski definition) is 6. The van der Waals surface area contributed by atoms with Crippen molar-refractivity contribution in [2.75, 3.05) is 5.32 Å². The smallest absolute Gasteiger partial charge is 0.315 e. The van der Waals surface area contributed by atoms with Crippen molar-refractivity contribution in [3.05, 3.63) is 30.0 Å². The van der Waals surface area contributed by atoms with Gasteiger partial charge in [0.1, 0.15) is 5.76 Å². The molecule has 0 spiro atoms. The fraction of sp³-hybridized carbons (Fsp3) is 0.500. The van der Waals surface area contributed by atoms with Crippen molar-refractivity contribution in [2.45, 2.75) is 39.4 Å². The third-order valence-electron chi connectivity index (χ3n) is 2.23. The van der Waals surface area contributed by atoms with E-state index in [1.165, 1.54) is 0 Å². The predicted octanol–water partition coefficient (Wildman–Crippen LogP) is 2.16. The molecule has 0 aliphatic carbocycles. The average Bonchev–Trinajstić information content (AvgIpc) is 2.94. The van der Waals surface area contributed by atoms with Crippen LogP contribution in [0.5, 0.6) is 0 Å². The second kappa shape index (κ2) is 5.22. The first-order valence-corrected chi connectivity index (χ1v) is 5.86. The maximum Gasteiger partial charge on any atom is 0.315 e. The lowest BCUT2D eigenvalue weighted by atomic mass is 10.1. The topological polar surface area (TPSA) is 76.1 Å². The molecule has 0 aliphatic heterocycles. The van der Waals surface area contributed by atoms with E-state index >= 15 is 0 Å². The van der Waals surface area contributed by atoms with Crippen molar-refractivity contribution in [2.24, 2.45) is 0 Å². The molecule has 2 aromatic heterocycles. The molecule has 0 unspecified atom stereocenters. The summed E-state index contributed by atoms with van der Waals surface area (Å²) < 4.78 is 10.6. The second-order valence-corrected chi connectivity index (χ2v) is 5.04. The molecule has 0 aromatic carbocycles. The van der Waals surface area contributed by atoms with Crippen LogP contribution in [0.15, 0.2) is 27.2 Å². The van der Waals surface area contributed by atoms with Gasteiger partial charge in [0.25, 0.3) is 0 Å². The van der Waals surface area contributed by atoms with Crippen LogP contribution in [0.1, 0.15) is 32.4 Å². The Balaban J connectivity index is 1.82. The van der Waals surface area contributed by atoms with E-state index in [9.17, 15) is 0 Å². The van der Waals surface area contributed by atoms with E-state index in [4.69, 9.17) is 8.83 Å². The Kier molecular flexibility index (Phi) is 3.66. The number of hydrogen-bond donors (Lipinski definition) is 2. The van der Waals surface area contributed by atoms with Gasteiger partial charge in [0.2, 0.25) is 5.89 Å². The van der Waals surface area contributed by atoms with E-state index in [0.717, 1.165) is 5.76 Å². The molecule has 0 fully saturated rings. The minimum atomic E-state index is 0.0240. The summed E-state index contributed by atoms with van der Waals surface area (Å²) in [5.74, 6) is 1.38. The van der Waals surface area contributed by atoms with Crippen LogP contribution in [0.3, 0.4) is 0 Å². The van der Waals surface area contributed by atoms with Crippen LogP contribution in [0.4, 0.5) is 6.01 Å². The Bertz CT molecular complexity index is 470. The summed E-state index contributed by atoms with van der Waals surface area (Å²) in [4.78, 5) is 0. The first-order valence-electron chi connectivity index (χ1n) is 5.86. The van der Waals surface area contributed by atoms with E-state index < -0.39 is 0 Å².